The normalized spacial score (nSPS) is 29.8. The summed E-state index contributed by atoms with van der Waals surface area (Å²) in [5.74, 6) is -0.00669. The molecule has 0 aromatic rings. The Morgan fingerprint density at radius 3 is 2.71 bits per heavy atom. The second-order valence-electron chi connectivity index (χ2n) is 5.12. The van der Waals surface area contributed by atoms with Crippen molar-refractivity contribution in [2.45, 2.75) is 18.9 Å². The molecule has 2 N–H and O–H groups in total. The third-order valence-electron chi connectivity index (χ3n) is 3.77. The summed E-state index contributed by atoms with van der Waals surface area (Å²) in [7, 11) is 1.86. The van der Waals surface area contributed by atoms with Crippen LogP contribution in [0.15, 0.2) is 0 Å². The minimum atomic E-state index is -0.140. The number of nitrogens with zero attached hydrogens (tertiary/aromatic N) is 2. The third kappa shape index (κ3) is 3.18. The van der Waals surface area contributed by atoms with Crippen LogP contribution in [-0.4, -0.2) is 68.2 Å². The molecule has 2 aliphatic heterocycles. The molecule has 98 valence electrons. The lowest BCUT2D eigenvalue weighted by atomic mass is 10.0. The highest BCUT2D eigenvalue weighted by atomic mass is 16.5. The third-order valence-corrected chi connectivity index (χ3v) is 3.77. The standard InChI is InChI=1S/C12H23N3O2/c1-14(6-7-15-4-2-3-5-15)12(16)10-8-17-9-11(10)13/h10-11H,2-9,13H2,1H3. The van der Waals surface area contributed by atoms with E-state index >= 15 is 0 Å². The molecule has 2 rings (SSSR count). The lowest BCUT2D eigenvalue weighted by Crippen LogP contribution is -2.44. The minimum Gasteiger partial charge on any atom is -0.379 e. The zero-order chi connectivity index (χ0) is 12.3. The number of carbonyl (C=O) groups excluding carboxylic acids is 1. The topological polar surface area (TPSA) is 58.8 Å². The highest BCUT2D eigenvalue weighted by molar-refractivity contribution is 5.79. The number of hydrogen-bond acceptors (Lipinski definition) is 4. The SMILES string of the molecule is CN(CCN1CCCC1)C(=O)C1COCC1N. The number of rotatable bonds is 4. The van der Waals surface area contributed by atoms with Crippen molar-refractivity contribution < 1.29 is 9.53 Å². The molecule has 5 nitrogen and oxygen atoms in total. The highest BCUT2D eigenvalue weighted by Gasteiger charge is 2.33. The van der Waals surface area contributed by atoms with Gasteiger partial charge in [0.25, 0.3) is 0 Å². The summed E-state index contributed by atoms with van der Waals surface area (Å²) < 4.78 is 5.24. The number of ether oxygens (including phenoxy) is 1. The molecule has 5 heteroatoms. The maximum absolute atomic E-state index is 12.1. The number of amides is 1. The van der Waals surface area contributed by atoms with Crippen LogP contribution in [-0.2, 0) is 9.53 Å². The van der Waals surface area contributed by atoms with Crippen LogP contribution in [0.1, 0.15) is 12.8 Å². The van der Waals surface area contributed by atoms with E-state index in [9.17, 15) is 4.79 Å². The Balaban J connectivity index is 1.74. The molecule has 0 bridgehead atoms. The van der Waals surface area contributed by atoms with Gasteiger partial charge in [0.2, 0.25) is 5.91 Å². The molecule has 0 spiro atoms. The van der Waals surface area contributed by atoms with Crippen LogP contribution in [0.5, 0.6) is 0 Å². The molecular weight excluding hydrogens is 218 g/mol. The van der Waals surface area contributed by atoms with Crippen molar-refractivity contribution in [3.63, 3.8) is 0 Å². The van der Waals surface area contributed by atoms with Gasteiger partial charge in [-0.25, -0.2) is 0 Å². The quantitative estimate of drug-likeness (QED) is 0.722. The molecule has 0 aliphatic carbocycles. The van der Waals surface area contributed by atoms with Crippen molar-refractivity contribution in [2.24, 2.45) is 11.7 Å². The van der Waals surface area contributed by atoms with Gasteiger partial charge < -0.3 is 20.3 Å². The van der Waals surface area contributed by atoms with E-state index in [1.54, 1.807) is 4.90 Å². The minimum absolute atomic E-state index is 0.128. The number of carbonyl (C=O) groups is 1. The first-order valence-corrected chi connectivity index (χ1v) is 6.49. The summed E-state index contributed by atoms with van der Waals surface area (Å²) in [6, 6.07) is -0.128. The van der Waals surface area contributed by atoms with E-state index in [1.807, 2.05) is 7.05 Å². The Morgan fingerprint density at radius 1 is 1.41 bits per heavy atom. The van der Waals surface area contributed by atoms with Crippen LogP contribution >= 0.6 is 0 Å². The largest absolute Gasteiger partial charge is 0.379 e. The molecule has 2 saturated heterocycles. The van der Waals surface area contributed by atoms with Gasteiger partial charge >= 0.3 is 0 Å². The molecule has 0 saturated carbocycles. The molecular formula is C12H23N3O2. The van der Waals surface area contributed by atoms with Crippen LogP contribution in [0.4, 0.5) is 0 Å². The summed E-state index contributed by atoms with van der Waals surface area (Å²) in [6.07, 6.45) is 2.58. The number of hydrogen-bond donors (Lipinski definition) is 1. The van der Waals surface area contributed by atoms with E-state index in [4.69, 9.17) is 10.5 Å². The van der Waals surface area contributed by atoms with E-state index in [0.717, 1.165) is 13.1 Å². The molecule has 0 aromatic heterocycles. The fourth-order valence-corrected chi connectivity index (χ4v) is 2.52. The van der Waals surface area contributed by atoms with Gasteiger partial charge in [-0.15, -0.1) is 0 Å². The molecule has 2 aliphatic rings. The first-order chi connectivity index (χ1) is 8.18. The van der Waals surface area contributed by atoms with Gasteiger partial charge in [0, 0.05) is 26.2 Å². The Bertz CT molecular complexity index is 266. The second-order valence-corrected chi connectivity index (χ2v) is 5.12. The molecule has 2 unspecified atom stereocenters. The zero-order valence-electron chi connectivity index (χ0n) is 10.6. The van der Waals surface area contributed by atoms with Gasteiger partial charge in [-0.05, 0) is 25.9 Å². The number of likely N-dealkylation sites (N-methyl/N-ethyl adjacent to an activating group) is 1. The molecule has 0 aromatic carbocycles. The Kier molecular flexibility index (Phi) is 4.36. The molecule has 2 heterocycles. The Labute approximate surface area is 103 Å². The fraction of sp³-hybridized carbons (Fsp3) is 0.917. The van der Waals surface area contributed by atoms with E-state index < -0.39 is 0 Å². The predicted molar refractivity (Wildman–Crippen MR) is 65.6 cm³/mol. The van der Waals surface area contributed by atoms with Crippen LogP contribution in [0.3, 0.4) is 0 Å². The Hall–Kier alpha value is -0.650. The predicted octanol–water partition coefficient (Wildman–Crippen LogP) is -0.486. The highest BCUT2D eigenvalue weighted by Crippen LogP contribution is 2.14. The van der Waals surface area contributed by atoms with Gasteiger partial charge in [0.05, 0.1) is 19.1 Å². The average Bonchev–Trinajstić information content (AvgIpc) is 2.95. The van der Waals surface area contributed by atoms with Crippen molar-refractivity contribution in [1.82, 2.24) is 9.80 Å². The summed E-state index contributed by atoms with van der Waals surface area (Å²) in [4.78, 5) is 16.3. The van der Waals surface area contributed by atoms with Crippen LogP contribution < -0.4 is 5.73 Å². The number of likely N-dealkylation sites (tertiary alicyclic amines) is 1. The van der Waals surface area contributed by atoms with Crippen molar-refractivity contribution in [3.05, 3.63) is 0 Å². The molecule has 17 heavy (non-hydrogen) atoms. The van der Waals surface area contributed by atoms with Crippen molar-refractivity contribution >= 4 is 5.91 Å². The molecule has 2 fully saturated rings. The summed E-state index contributed by atoms with van der Waals surface area (Å²) in [6.45, 7) is 5.11. The summed E-state index contributed by atoms with van der Waals surface area (Å²) >= 11 is 0. The van der Waals surface area contributed by atoms with E-state index in [2.05, 4.69) is 4.90 Å². The Morgan fingerprint density at radius 2 is 2.12 bits per heavy atom. The van der Waals surface area contributed by atoms with Gasteiger partial charge in [-0.1, -0.05) is 0 Å². The fourth-order valence-electron chi connectivity index (χ4n) is 2.52. The zero-order valence-corrected chi connectivity index (χ0v) is 10.6. The van der Waals surface area contributed by atoms with E-state index in [0.29, 0.717) is 13.2 Å². The van der Waals surface area contributed by atoms with Gasteiger partial charge in [0.15, 0.2) is 0 Å². The second kappa shape index (κ2) is 5.80. The monoisotopic (exact) mass is 241 g/mol. The lowest BCUT2D eigenvalue weighted by molar-refractivity contribution is -0.134. The molecule has 0 radical (unpaired) electrons. The van der Waals surface area contributed by atoms with Gasteiger partial charge in [-0.3, -0.25) is 4.79 Å². The van der Waals surface area contributed by atoms with Crippen LogP contribution in [0.2, 0.25) is 0 Å². The van der Waals surface area contributed by atoms with Crippen LogP contribution in [0.25, 0.3) is 0 Å². The first-order valence-electron chi connectivity index (χ1n) is 6.49. The number of nitrogens with two attached hydrogens (primary N) is 1. The molecule has 1 amide bonds. The smallest absolute Gasteiger partial charge is 0.229 e. The van der Waals surface area contributed by atoms with Crippen molar-refractivity contribution in [1.29, 1.82) is 0 Å². The summed E-state index contributed by atoms with van der Waals surface area (Å²) in [5.41, 5.74) is 5.85. The van der Waals surface area contributed by atoms with E-state index in [1.165, 1.54) is 25.9 Å². The van der Waals surface area contributed by atoms with Crippen LogP contribution in [0, 0.1) is 5.92 Å². The first kappa shape index (κ1) is 12.8. The van der Waals surface area contributed by atoms with Crippen molar-refractivity contribution in [3.8, 4) is 0 Å². The maximum Gasteiger partial charge on any atom is 0.229 e. The van der Waals surface area contributed by atoms with Gasteiger partial charge in [-0.2, -0.15) is 0 Å². The van der Waals surface area contributed by atoms with Gasteiger partial charge in [0.1, 0.15) is 0 Å². The lowest BCUT2D eigenvalue weighted by Gasteiger charge is -2.24. The molecule has 2 atom stereocenters. The van der Waals surface area contributed by atoms with E-state index in [-0.39, 0.29) is 17.9 Å². The van der Waals surface area contributed by atoms with Crippen molar-refractivity contribution in [2.75, 3.05) is 46.4 Å². The summed E-state index contributed by atoms with van der Waals surface area (Å²) in [5, 5.41) is 0. The maximum atomic E-state index is 12.1. The average molecular weight is 241 g/mol.